The topological polar surface area (TPSA) is 12.0 Å². The first kappa shape index (κ1) is 14.1. The van der Waals surface area contributed by atoms with Gasteiger partial charge in [0.1, 0.15) is 0 Å². The molecule has 3 rings (SSSR count). The highest BCUT2D eigenvalue weighted by Gasteiger charge is 2.39. The molecular weight excluding hydrogens is 242 g/mol. The van der Waals surface area contributed by atoms with Gasteiger partial charge in [-0.1, -0.05) is 44.2 Å². The highest BCUT2D eigenvalue weighted by molar-refractivity contribution is 5.14. The summed E-state index contributed by atoms with van der Waals surface area (Å²) in [7, 11) is 0. The van der Waals surface area contributed by atoms with E-state index in [1.807, 2.05) is 0 Å². The van der Waals surface area contributed by atoms with Crippen LogP contribution < -0.4 is 5.32 Å². The normalized spacial score (nSPS) is 36.8. The zero-order valence-electron chi connectivity index (χ0n) is 13.0. The molecule has 0 aliphatic heterocycles. The highest BCUT2D eigenvalue weighted by Crippen LogP contribution is 2.47. The second-order valence-electron chi connectivity index (χ2n) is 7.43. The summed E-state index contributed by atoms with van der Waals surface area (Å²) in [5.74, 6) is 4.79. The predicted octanol–water partition coefficient (Wildman–Crippen LogP) is 4.48. The predicted molar refractivity (Wildman–Crippen MR) is 85.4 cm³/mol. The molecule has 1 N–H and O–H groups in total. The maximum Gasteiger partial charge on any atom is 0.0205 e. The van der Waals surface area contributed by atoms with Crippen LogP contribution in [0.15, 0.2) is 30.3 Å². The van der Waals surface area contributed by atoms with Crippen LogP contribution in [0.4, 0.5) is 0 Å². The number of benzene rings is 1. The SMILES string of the molecule is CC1CC2CC(C)C(CNCc3ccccc3)C(C1)C2. The van der Waals surface area contributed by atoms with Gasteiger partial charge in [0.2, 0.25) is 0 Å². The van der Waals surface area contributed by atoms with Crippen LogP contribution >= 0.6 is 0 Å². The van der Waals surface area contributed by atoms with Gasteiger partial charge in [-0.2, -0.15) is 0 Å². The van der Waals surface area contributed by atoms with E-state index < -0.39 is 0 Å². The lowest BCUT2D eigenvalue weighted by Crippen LogP contribution is -2.41. The van der Waals surface area contributed by atoms with Crippen molar-refractivity contribution >= 4 is 0 Å². The van der Waals surface area contributed by atoms with Gasteiger partial charge in [-0.15, -0.1) is 0 Å². The molecule has 2 fully saturated rings. The molecule has 0 heterocycles. The van der Waals surface area contributed by atoms with Gasteiger partial charge in [-0.3, -0.25) is 0 Å². The van der Waals surface area contributed by atoms with Crippen LogP contribution in [0, 0.1) is 29.6 Å². The van der Waals surface area contributed by atoms with Gasteiger partial charge < -0.3 is 5.32 Å². The van der Waals surface area contributed by atoms with Crippen LogP contribution in [-0.2, 0) is 6.54 Å². The van der Waals surface area contributed by atoms with Crippen molar-refractivity contribution in [3.05, 3.63) is 35.9 Å². The molecule has 1 aromatic carbocycles. The van der Waals surface area contributed by atoms with Crippen molar-refractivity contribution in [1.29, 1.82) is 0 Å². The lowest BCUT2D eigenvalue weighted by Gasteiger charge is -2.46. The molecular formula is C19H29N. The van der Waals surface area contributed by atoms with Crippen LogP contribution in [0.2, 0.25) is 0 Å². The average molecular weight is 271 g/mol. The zero-order chi connectivity index (χ0) is 13.9. The van der Waals surface area contributed by atoms with E-state index in [0.29, 0.717) is 0 Å². The molecule has 0 saturated heterocycles. The summed E-state index contributed by atoms with van der Waals surface area (Å²) in [5, 5.41) is 3.72. The summed E-state index contributed by atoms with van der Waals surface area (Å²) in [6.45, 7) is 7.18. The van der Waals surface area contributed by atoms with Gasteiger partial charge in [0.25, 0.3) is 0 Å². The average Bonchev–Trinajstić information content (AvgIpc) is 2.42. The van der Waals surface area contributed by atoms with Gasteiger partial charge in [-0.25, -0.2) is 0 Å². The van der Waals surface area contributed by atoms with Crippen LogP contribution in [0.3, 0.4) is 0 Å². The molecule has 1 nitrogen and oxygen atoms in total. The number of hydrogen-bond donors (Lipinski definition) is 1. The Morgan fingerprint density at radius 1 is 1.00 bits per heavy atom. The van der Waals surface area contributed by atoms with Crippen LogP contribution in [0.5, 0.6) is 0 Å². The van der Waals surface area contributed by atoms with Crippen molar-refractivity contribution in [3.63, 3.8) is 0 Å². The number of rotatable bonds is 4. The summed E-state index contributed by atoms with van der Waals surface area (Å²) < 4.78 is 0. The van der Waals surface area contributed by atoms with Crippen LogP contribution in [-0.4, -0.2) is 6.54 Å². The quantitative estimate of drug-likeness (QED) is 0.851. The molecule has 2 bridgehead atoms. The molecule has 1 heteroatoms. The maximum absolute atomic E-state index is 3.72. The molecule has 5 atom stereocenters. The largest absolute Gasteiger partial charge is 0.312 e. The molecule has 5 unspecified atom stereocenters. The van der Waals surface area contributed by atoms with Gasteiger partial charge in [0.05, 0.1) is 0 Å². The maximum atomic E-state index is 3.72. The van der Waals surface area contributed by atoms with Crippen molar-refractivity contribution in [1.82, 2.24) is 5.32 Å². The first-order valence-electron chi connectivity index (χ1n) is 8.47. The lowest BCUT2D eigenvalue weighted by atomic mass is 9.60. The molecule has 0 aromatic heterocycles. The summed E-state index contributed by atoms with van der Waals surface area (Å²) in [5.41, 5.74) is 1.41. The van der Waals surface area contributed by atoms with Crippen molar-refractivity contribution < 1.29 is 0 Å². The Kier molecular flexibility index (Phi) is 4.45. The minimum atomic E-state index is 0.901. The van der Waals surface area contributed by atoms with Gasteiger partial charge in [0, 0.05) is 6.54 Å². The Morgan fingerprint density at radius 3 is 2.60 bits per heavy atom. The van der Waals surface area contributed by atoms with E-state index in [4.69, 9.17) is 0 Å². The van der Waals surface area contributed by atoms with E-state index in [-0.39, 0.29) is 0 Å². The smallest absolute Gasteiger partial charge is 0.0205 e. The Balaban J connectivity index is 1.53. The van der Waals surface area contributed by atoms with Crippen molar-refractivity contribution in [3.8, 4) is 0 Å². The third kappa shape index (κ3) is 3.25. The summed E-state index contributed by atoms with van der Waals surface area (Å²) >= 11 is 0. The van der Waals surface area contributed by atoms with Gasteiger partial charge >= 0.3 is 0 Å². The third-order valence-corrected chi connectivity index (χ3v) is 5.67. The fraction of sp³-hybridized carbons (Fsp3) is 0.684. The fourth-order valence-electron chi connectivity index (χ4n) is 4.86. The molecule has 2 aliphatic carbocycles. The first-order chi connectivity index (χ1) is 9.72. The Labute approximate surface area is 124 Å². The van der Waals surface area contributed by atoms with Gasteiger partial charge in [0.15, 0.2) is 0 Å². The monoisotopic (exact) mass is 271 g/mol. The zero-order valence-corrected chi connectivity index (χ0v) is 13.0. The molecule has 1 aromatic rings. The third-order valence-electron chi connectivity index (χ3n) is 5.67. The highest BCUT2D eigenvalue weighted by atomic mass is 14.9. The number of fused-ring (bicyclic) bond motifs is 2. The van der Waals surface area contributed by atoms with Crippen molar-refractivity contribution in [2.24, 2.45) is 29.6 Å². The Morgan fingerprint density at radius 2 is 1.80 bits per heavy atom. The molecule has 20 heavy (non-hydrogen) atoms. The van der Waals surface area contributed by atoms with Crippen molar-refractivity contribution in [2.75, 3.05) is 6.54 Å². The Bertz CT molecular complexity index is 409. The van der Waals surface area contributed by atoms with E-state index in [9.17, 15) is 0 Å². The number of hydrogen-bond acceptors (Lipinski definition) is 1. The summed E-state index contributed by atoms with van der Waals surface area (Å²) in [6, 6.07) is 10.8. The summed E-state index contributed by atoms with van der Waals surface area (Å²) in [6.07, 6.45) is 5.94. The van der Waals surface area contributed by atoms with E-state index in [1.54, 1.807) is 0 Å². The van der Waals surface area contributed by atoms with Crippen LogP contribution in [0.25, 0.3) is 0 Å². The molecule has 110 valence electrons. The summed E-state index contributed by atoms with van der Waals surface area (Å²) in [4.78, 5) is 0. The molecule has 2 aliphatic rings. The van der Waals surface area contributed by atoms with E-state index in [1.165, 1.54) is 37.8 Å². The minimum absolute atomic E-state index is 0.901. The van der Waals surface area contributed by atoms with E-state index in [2.05, 4.69) is 49.5 Å². The molecule has 2 saturated carbocycles. The number of nitrogens with one attached hydrogen (secondary N) is 1. The molecule has 0 amide bonds. The lowest BCUT2D eigenvalue weighted by molar-refractivity contribution is 0.0466. The van der Waals surface area contributed by atoms with Gasteiger partial charge in [-0.05, 0) is 67.4 Å². The second kappa shape index (κ2) is 6.30. The van der Waals surface area contributed by atoms with E-state index >= 15 is 0 Å². The Hall–Kier alpha value is -0.820. The van der Waals surface area contributed by atoms with Crippen molar-refractivity contribution in [2.45, 2.75) is 46.1 Å². The fourth-order valence-corrected chi connectivity index (χ4v) is 4.86. The second-order valence-corrected chi connectivity index (χ2v) is 7.43. The van der Waals surface area contributed by atoms with E-state index in [0.717, 1.165) is 36.1 Å². The standard InChI is InChI=1S/C19H29N/c1-14-8-17-10-15(2)19(18(9-14)11-17)13-20-12-16-6-4-3-5-7-16/h3-7,14-15,17-20H,8-13H2,1-2H3. The van der Waals surface area contributed by atoms with Crippen LogP contribution in [0.1, 0.15) is 45.1 Å². The first-order valence-corrected chi connectivity index (χ1v) is 8.47. The minimum Gasteiger partial charge on any atom is -0.312 e. The molecule has 0 spiro atoms. The molecule has 0 radical (unpaired) electrons.